The van der Waals surface area contributed by atoms with Crippen molar-refractivity contribution < 1.29 is 28.2 Å². The molecule has 0 saturated carbocycles. The predicted molar refractivity (Wildman–Crippen MR) is 161 cm³/mol. The van der Waals surface area contributed by atoms with Gasteiger partial charge in [-0.25, -0.2) is 4.39 Å². The van der Waals surface area contributed by atoms with Crippen LogP contribution in [0.25, 0.3) is 0 Å². The second-order valence-corrected chi connectivity index (χ2v) is 10.1. The van der Waals surface area contributed by atoms with Gasteiger partial charge in [0.1, 0.15) is 31.1 Å². The Kier molecular flexibility index (Phi) is 10.9. The van der Waals surface area contributed by atoms with Crippen molar-refractivity contribution >= 4 is 17.7 Å². The lowest BCUT2D eigenvalue weighted by atomic mass is 10.0. The van der Waals surface area contributed by atoms with Crippen molar-refractivity contribution in [2.45, 2.75) is 45.1 Å². The molecule has 4 aromatic carbocycles. The smallest absolute Gasteiger partial charge is 0.243 e. The monoisotopic (exact) mass is 583 g/mol. The lowest BCUT2D eigenvalue weighted by molar-refractivity contribution is -0.130. The van der Waals surface area contributed by atoms with Crippen LogP contribution in [0.5, 0.6) is 11.5 Å². The molecule has 0 bridgehead atoms. The van der Waals surface area contributed by atoms with Gasteiger partial charge in [-0.3, -0.25) is 14.4 Å². The maximum Gasteiger partial charge on any atom is 0.243 e. The van der Waals surface area contributed by atoms with E-state index in [1.54, 1.807) is 24.3 Å². The van der Waals surface area contributed by atoms with E-state index in [4.69, 9.17) is 15.2 Å². The zero-order valence-electron chi connectivity index (χ0n) is 23.8. The minimum absolute atomic E-state index is 0.0274. The standard InChI is InChI=1S/C34H34FN3O5/c1-23(39)37-30(19-26-13-8-14-28(35)17-26)34(41)38-29(33(36)40)18-27-15-16-31(42-21-24-9-4-2-5-10-24)32(20-27)43-22-25-11-6-3-7-12-25/h2-17,20,29-30H,18-19,21-22H2,1H3,(H2,36,40)(H,37,39)(H,38,41)/t29-,30-/m1/s1. The van der Waals surface area contributed by atoms with Crippen molar-refractivity contribution in [2.75, 3.05) is 0 Å². The first kappa shape index (κ1) is 30.8. The summed E-state index contributed by atoms with van der Waals surface area (Å²) in [7, 11) is 0. The highest BCUT2D eigenvalue weighted by atomic mass is 19.1. The molecule has 4 aromatic rings. The van der Waals surface area contributed by atoms with E-state index in [1.807, 2.05) is 60.7 Å². The fourth-order valence-electron chi connectivity index (χ4n) is 4.47. The normalized spacial score (nSPS) is 12.0. The number of nitrogens with one attached hydrogen (secondary N) is 2. The molecule has 0 aliphatic heterocycles. The quantitative estimate of drug-likeness (QED) is 0.205. The third-order valence-electron chi connectivity index (χ3n) is 6.61. The van der Waals surface area contributed by atoms with E-state index >= 15 is 0 Å². The van der Waals surface area contributed by atoms with Gasteiger partial charge in [0.2, 0.25) is 17.7 Å². The largest absolute Gasteiger partial charge is 0.485 e. The highest BCUT2D eigenvalue weighted by Crippen LogP contribution is 2.30. The molecular formula is C34H34FN3O5. The highest BCUT2D eigenvalue weighted by Gasteiger charge is 2.26. The average molecular weight is 584 g/mol. The van der Waals surface area contributed by atoms with Crippen molar-refractivity contribution in [3.63, 3.8) is 0 Å². The Bertz CT molecular complexity index is 1530. The molecule has 8 nitrogen and oxygen atoms in total. The van der Waals surface area contributed by atoms with Crippen LogP contribution in [0.15, 0.2) is 103 Å². The fourth-order valence-corrected chi connectivity index (χ4v) is 4.47. The van der Waals surface area contributed by atoms with E-state index in [-0.39, 0.29) is 12.8 Å². The summed E-state index contributed by atoms with van der Waals surface area (Å²) in [5.74, 6) is -1.30. The van der Waals surface area contributed by atoms with Gasteiger partial charge >= 0.3 is 0 Å². The lowest BCUT2D eigenvalue weighted by Gasteiger charge is -2.22. The molecule has 0 spiro atoms. The third kappa shape index (κ3) is 9.71. The first-order valence-electron chi connectivity index (χ1n) is 13.8. The van der Waals surface area contributed by atoms with Crippen LogP contribution in [-0.2, 0) is 40.4 Å². The second kappa shape index (κ2) is 15.2. The number of rotatable bonds is 14. The van der Waals surface area contributed by atoms with Gasteiger partial charge in [-0.15, -0.1) is 0 Å². The SMILES string of the molecule is CC(=O)N[C@H](Cc1cccc(F)c1)C(=O)N[C@H](Cc1ccc(OCc2ccccc2)c(OCc2ccccc2)c1)C(N)=O. The molecule has 0 radical (unpaired) electrons. The molecule has 0 unspecified atom stereocenters. The summed E-state index contributed by atoms with van der Waals surface area (Å²) >= 11 is 0. The molecule has 4 rings (SSSR count). The topological polar surface area (TPSA) is 120 Å². The van der Waals surface area contributed by atoms with Gasteiger partial charge in [-0.2, -0.15) is 0 Å². The Morgan fingerprint density at radius 1 is 0.674 bits per heavy atom. The second-order valence-electron chi connectivity index (χ2n) is 10.1. The highest BCUT2D eigenvalue weighted by molar-refractivity contribution is 5.91. The van der Waals surface area contributed by atoms with Crippen LogP contribution in [-0.4, -0.2) is 29.8 Å². The van der Waals surface area contributed by atoms with E-state index in [2.05, 4.69) is 10.6 Å². The number of primary amides is 1. The summed E-state index contributed by atoms with van der Waals surface area (Å²) in [5.41, 5.74) is 8.81. The third-order valence-corrected chi connectivity index (χ3v) is 6.61. The fraction of sp³-hybridized carbons (Fsp3) is 0.206. The summed E-state index contributed by atoms with van der Waals surface area (Å²) < 4.78 is 25.9. The molecule has 43 heavy (non-hydrogen) atoms. The molecule has 222 valence electrons. The van der Waals surface area contributed by atoms with Crippen LogP contribution in [0.2, 0.25) is 0 Å². The van der Waals surface area contributed by atoms with Gasteiger partial charge < -0.3 is 25.8 Å². The summed E-state index contributed by atoms with van der Waals surface area (Å²) in [6.45, 7) is 1.90. The van der Waals surface area contributed by atoms with E-state index in [1.165, 1.54) is 25.1 Å². The van der Waals surface area contributed by atoms with E-state index in [0.717, 1.165) is 11.1 Å². The molecule has 0 saturated heterocycles. The number of amides is 3. The van der Waals surface area contributed by atoms with E-state index in [9.17, 15) is 18.8 Å². The zero-order valence-corrected chi connectivity index (χ0v) is 23.8. The number of benzene rings is 4. The summed E-state index contributed by atoms with van der Waals surface area (Å²) in [6, 6.07) is 28.3. The first-order valence-corrected chi connectivity index (χ1v) is 13.8. The molecule has 3 amide bonds. The predicted octanol–water partition coefficient (Wildman–Crippen LogP) is 4.24. The van der Waals surface area contributed by atoms with Crippen molar-refractivity contribution in [1.29, 1.82) is 0 Å². The van der Waals surface area contributed by atoms with Crippen LogP contribution in [0.4, 0.5) is 4.39 Å². The molecule has 0 aliphatic carbocycles. The van der Waals surface area contributed by atoms with Crippen molar-refractivity contribution in [2.24, 2.45) is 5.73 Å². The van der Waals surface area contributed by atoms with Crippen molar-refractivity contribution in [3.8, 4) is 11.5 Å². The summed E-state index contributed by atoms with van der Waals surface area (Å²) in [5, 5.41) is 5.22. The van der Waals surface area contributed by atoms with Gasteiger partial charge in [-0.05, 0) is 46.5 Å². The van der Waals surface area contributed by atoms with Gasteiger partial charge in [0.05, 0.1) is 0 Å². The maximum absolute atomic E-state index is 13.7. The number of carbonyl (C=O) groups is 3. The Morgan fingerprint density at radius 2 is 1.23 bits per heavy atom. The molecule has 0 heterocycles. The van der Waals surface area contributed by atoms with Gasteiger partial charge in [0.25, 0.3) is 0 Å². The van der Waals surface area contributed by atoms with E-state index in [0.29, 0.717) is 35.8 Å². The molecule has 0 fully saturated rings. The van der Waals surface area contributed by atoms with Gasteiger partial charge in [0, 0.05) is 19.8 Å². The Labute approximate surface area is 250 Å². The number of carbonyl (C=O) groups excluding carboxylic acids is 3. The van der Waals surface area contributed by atoms with Crippen LogP contribution in [0, 0.1) is 5.82 Å². The van der Waals surface area contributed by atoms with Crippen LogP contribution >= 0.6 is 0 Å². The number of hydrogen-bond acceptors (Lipinski definition) is 5. The number of nitrogens with two attached hydrogens (primary N) is 1. The lowest BCUT2D eigenvalue weighted by Crippen LogP contribution is -2.54. The minimum Gasteiger partial charge on any atom is -0.485 e. The minimum atomic E-state index is -1.09. The number of halogens is 1. The Balaban J connectivity index is 1.51. The van der Waals surface area contributed by atoms with Crippen LogP contribution in [0.3, 0.4) is 0 Å². The van der Waals surface area contributed by atoms with Gasteiger partial charge in [0.15, 0.2) is 11.5 Å². The number of hydrogen-bond donors (Lipinski definition) is 3. The van der Waals surface area contributed by atoms with Gasteiger partial charge in [-0.1, -0.05) is 78.9 Å². The van der Waals surface area contributed by atoms with Crippen molar-refractivity contribution in [1.82, 2.24) is 10.6 Å². The summed E-state index contributed by atoms with van der Waals surface area (Å²) in [4.78, 5) is 37.4. The molecular weight excluding hydrogens is 549 g/mol. The zero-order chi connectivity index (χ0) is 30.6. The Morgan fingerprint density at radius 3 is 1.81 bits per heavy atom. The Hall–Kier alpha value is -5.18. The summed E-state index contributed by atoms with van der Waals surface area (Å²) in [6.07, 6.45) is 0.0913. The molecule has 4 N–H and O–H groups in total. The molecule has 2 atom stereocenters. The molecule has 9 heteroatoms. The number of ether oxygens (including phenoxy) is 2. The molecule has 0 aromatic heterocycles. The molecule has 0 aliphatic rings. The average Bonchev–Trinajstić information content (AvgIpc) is 2.99. The maximum atomic E-state index is 13.7. The van der Waals surface area contributed by atoms with E-state index < -0.39 is 35.6 Å². The van der Waals surface area contributed by atoms with Crippen LogP contribution in [0.1, 0.15) is 29.2 Å². The van der Waals surface area contributed by atoms with Crippen molar-refractivity contribution in [3.05, 3.63) is 131 Å². The first-order chi connectivity index (χ1) is 20.8. The van der Waals surface area contributed by atoms with Crippen LogP contribution < -0.4 is 25.8 Å².